The molecule has 0 spiro atoms. The molecular formula is C59H70N2O21. The largest absolute Gasteiger partial charge is 0.464 e. The van der Waals surface area contributed by atoms with Crippen LogP contribution < -0.4 is 10.6 Å². The number of Topliss-reactive ketones (excluding diaryl/α,β-unsaturated/α-hetero) is 1. The molecule has 1 heterocycles. The fourth-order valence-electron chi connectivity index (χ4n) is 11.5. The van der Waals surface area contributed by atoms with Crippen molar-refractivity contribution in [3.8, 4) is 0 Å². The SMILES string of the molecule is CCOC(=O)[C@H](CC(=O)OCC(=O)O[C@@H](C(=O)O[C@H]1C[C@@]2(O)[C@@H](OC(=O)c3ccccc3)[C@@H]3[C@]4(OC(C)=O)CO[C@@H]4C[C@H](O)[C@@]3(C)C(=O)[C@H](O)C(=C1C)C2(C)C)[C@@H](NC(=O)OC(C)(C)C)c1ccccc1)NC(=O)OCc1ccccc1. The van der Waals surface area contributed by atoms with Crippen LogP contribution in [0.3, 0.4) is 0 Å². The van der Waals surface area contributed by atoms with Crippen LogP contribution in [-0.2, 0) is 78.0 Å². The van der Waals surface area contributed by atoms with Crippen LogP contribution in [-0.4, -0.2) is 148 Å². The third-order valence-corrected chi connectivity index (χ3v) is 15.6. The lowest BCUT2D eigenvalue weighted by Crippen LogP contribution is -2.81. The number of alkyl carbamates (subject to hydrolysis) is 2. The van der Waals surface area contributed by atoms with Crippen molar-refractivity contribution in [1.82, 2.24) is 10.6 Å². The van der Waals surface area contributed by atoms with E-state index in [0.717, 1.165) is 6.92 Å². The lowest BCUT2D eigenvalue weighted by atomic mass is 9.44. The first kappa shape index (κ1) is 61.9. The number of fused-ring (bicyclic) bond motifs is 5. The second kappa shape index (κ2) is 24.8. The summed E-state index contributed by atoms with van der Waals surface area (Å²) in [6.07, 6.45) is -14.8. The summed E-state index contributed by atoms with van der Waals surface area (Å²) in [7, 11) is 0. The van der Waals surface area contributed by atoms with Gasteiger partial charge in [0.1, 0.15) is 54.3 Å². The van der Waals surface area contributed by atoms with E-state index in [-0.39, 0.29) is 48.5 Å². The molecule has 2 saturated carbocycles. The summed E-state index contributed by atoms with van der Waals surface area (Å²) in [6, 6.07) is 20.5. The molecule has 3 aromatic rings. The second-order valence-electron chi connectivity index (χ2n) is 22.4. The molecule has 3 aliphatic carbocycles. The molecule has 0 unspecified atom stereocenters. The normalized spacial score (nSPS) is 27.2. The Kier molecular flexibility index (Phi) is 18.7. The number of nitrogens with one attached hydrogen (secondary N) is 2. The Morgan fingerprint density at radius 3 is 2.00 bits per heavy atom. The van der Waals surface area contributed by atoms with Crippen molar-refractivity contribution in [3.05, 3.63) is 119 Å². The monoisotopic (exact) mass is 1140 g/mol. The van der Waals surface area contributed by atoms with Gasteiger partial charge < -0.3 is 68.6 Å². The lowest BCUT2D eigenvalue weighted by molar-refractivity contribution is -0.346. The van der Waals surface area contributed by atoms with Crippen LogP contribution in [0, 0.1) is 16.7 Å². The van der Waals surface area contributed by atoms with E-state index >= 15 is 9.59 Å². The molecule has 0 aromatic heterocycles. The predicted octanol–water partition coefficient (Wildman–Crippen LogP) is 4.60. The van der Waals surface area contributed by atoms with Gasteiger partial charge in [-0.1, -0.05) is 92.7 Å². The third kappa shape index (κ3) is 12.8. The average molecular weight is 1140 g/mol. The van der Waals surface area contributed by atoms with Crippen LogP contribution in [0.1, 0.15) is 109 Å². The zero-order chi connectivity index (χ0) is 60.1. The van der Waals surface area contributed by atoms with Crippen LogP contribution in [0.25, 0.3) is 0 Å². The van der Waals surface area contributed by atoms with Gasteiger partial charge in [-0.25, -0.2) is 28.8 Å². The Morgan fingerprint density at radius 1 is 0.793 bits per heavy atom. The number of aliphatic hydroxyl groups excluding tert-OH is 2. The highest BCUT2D eigenvalue weighted by Gasteiger charge is 2.78. The molecule has 12 atom stereocenters. The molecule has 0 radical (unpaired) electrons. The van der Waals surface area contributed by atoms with Crippen molar-refractivity contribution in [2.24, 2.45) is 16.7 Å². The zero-order valence-corrected chi connectivity index (χ0v) is 47.0. The first-order chi connectivity index (χ1) is 38.6. The van der Waals surface area contributed by atoms with E-state index in [1.807, 2.05) is 0 Å². The van der Waals surface area contributed by atoms with Crippen molar-refractivity contribution in [2.75, 3.05) is 19.8 Å². The van der Waals surface area contributed by atoms with Gasteiger partial charge in [0.15, 0.2) is 18.0 Å². The summed E-state index contributed by atoms with van der Waals surface area (Å²) in [5.74, 6) is -9.62. The Hall–Kier alpha value is -7.73. The van der Waals surface area contributed by atoms with Crippen molar-refractivity contribution in [1.29, 1.82) is 0 Å². The minimum atomic E-state index is -2.54. The molecule has 23 nitrogen and oxygen atoms in total. The van der Waals surface area contributed by atoms with Crippen LogP contribution in [0.2, 0.25) is 0 Å². The molecule has 2 bridgehead atoms. The van der Waals surface area contributed by atoms with Crippen molar-refractivity contribution >= 4 is 53.8 Å². The highest BCUT2D eigenvalue weighted by atomic mass is 16.6. The maximum absolute atomic E-state index is 15.3. The van der Waals surface area contributed by atoms with Gasteiger partial charge in [0.2, 0.25) is 6.10 Å². The van der Waals surface area contributed by atoms with E-state index in [0.29, 0.717) is 5.56 Å². The number of amides is 2. The van der Waals surface area contributed by atoms with E-state index in [4.69, 9.17) is 42.6 Å². The summed E-state index contributed by atoms with van der Waals surface area (Å²) in [5.41, 5.74) is -8.87. The van der Waals surface area contributed by atoms with Gasteiger partial charge in [0, 0.05) is 25.2 Å². The molecule has 1 saturated heterocycles. The Labute approximate surface area is 473 Å². The molecule has 2 amide bonds. The molecule has 5 N–H and O–H groups in total. The van der Waals surface area contributed by atoms with Gasteiger partial charge in [-0.3, -0.25) is 14.4 Å². The number of aliphatic hydroxyl groups is 3. The number of esters is 6. The summed E-state index contributed by atoms with van der Waals surface area (Å²) < 4.78 is 51.3. The summed E-state index contributed by atoms with van der Waals surface area (Å²) >= 11 is 0. The number of ether oxygens (including phenoxy) is 9. The topological polar surface area (TPSA) is 321 Å². The Morgan fingerprint density at radius 2 is 1.41 bits per heavy atom. The number of carbonyl (C=O) groups is 9. The molecule has 442 valence electrons. The van der Waals surface area contributed by atoms with Crippen molar-refractivity contribution < 1.29 is 101 Å². The van der Waals surface area contributed by atoms with Gasteiger partial charge in [-0.2, -0.15) is 0 Å². The van der Waals surface area contributed by atoms with Crippen LogP contribution >= 0.6 is 0 Å². The van der Waals surface area contributed by atoms with Gasteiger partial charge in [0.05, 0.1) is 42.6 Å². The quantitative estimate of drug-likeness (QED) is 0.0660. The first-order valence-electron chi connectivity index (χ1n) is 26.7. The standard InChI is InChI=1S/C59H70N2O21/c1-10-74-51(69)37(60-53(71)76-29-34-20-14-11-15-21-34)26-41(64)75-30-42(65)79-46(44(35-22-16-12-17-23-35)61-54(72)82-55(4,5)6)52(70)78-38-28-59(73)49(80-50(68)36-24-18-13-19-25-36)47-57(9,48(67)45(66)43(32(38)2)56(59,7)8)39(63)27-40-58(47,31-77-40)81-33(3)62/h11-25,37-40,44-47,49,63,66,73H,10,26-31H2,1-9H3,(H,60,71)(H,61,72)/t37-,38-,39-,40+,44-,45+,46+,47-,49-,57+,58-,59+/m0/s1. The number of carbonyl (C=O) groups excluding carboxylic acids is 9. The lowest BCUT2D eigenvalue weighted by Gasteiger charge is -2.67. The van der Waals surface area contributed by atoms with Crippen molar-refractivity contribution in [2.45, 2.75) is 154 Å². The maximum atomic E-state index is 15.3. The van der Waals surface area contributed by atoms with Crippen LogP contribution in [0.5, 0.6) is 0 Å². The fraction of sp³-hybridized carbons (Fsp3) is 0.508. The van der Waals surface area contributed by atoms with Gasteiger partial charge in [0.25, 0.3) is 0 Å². The maximum Gasteiger partial charge on any atom is 0.408 e. The molecular weight excluding hydrogens is 1070 g/mol. The minimum absolute atomic E-state index is 0.00133. The molecule has 3 aromatic carbocycles. The highest BCUT2D eigenvalue weighted by Crippen LogP contribution is 2.64. The Bertz CT molecular complexity index is 2930. The highest BCUT2D eigenvalue weighted by molar-refractivity contribution is 5.94. The van der Waals surface area contributed by atoms with E-state index in [2.05, 4.69) is 10.6 Å². The van der Waals surface area contributed by atoms with Gasteiger partial charge in [-0.05, 0) is 75.9 Å². The van der Waals surface area contributed by atoms with Gasteiger partial charge >= 0.3 is 48.0 Å². The van der Waals surface area contributed by atoms with Crippen molar-refractivity contribution in [3.63, 3.8) is 0 Å². The number of ketones is 1. The molecule has 7 rings (SSSR count). The van der Waals surface area contributed by atoms with E-state index < -0.39 is 155 Å². The van der Waals surface area contributed by atoms with Gasteiger partial charge in [-0.15, -0.1) is 0 Å². The molecule has 1 aliphatic heterocycles. The van der Waals surface area contributed by atoms with E-state index in [9.17, 15) is 48.9 Å². The first-order valence-corrected chi connectivity index (χ1v) is 26.7. The van der Waals surface area contributed by atoms with Crippen LogP contribution in [0.4, 0.5) is 9.59 Å². The number of hydrogen-bond donors (Lipinski definition) is 5. The third-order valence-electron chi connectivity index (χ3n) is 15.6. The molecule has 3 fully saturated rings. The average Bonchev–Trinajstić information content (AvgIpc) is 0.728. The zero-order valence-electron chi connectivity index (χ0n) is 47.0. The number of benzene rings is 3. The minimum Gasteiger partial charge on any atom is -0.464 e. The molecule has 82 heavy (non-hydrogen) atoms. The Balaban J connectivity index is 1.26. The number of rotatable bonds is 18. The summed E-state index contributed by atoms with van der Waals surface area (Å²) in [4.78, 5) is 125. The summed E-state index contributed by atoms with van der Waals surface area (Å²) in [6.45, 7) is 11.1. The smallest absolute Gasteiger partial charge is 0.408 e. The molecule has 4 aliphatic rings. The number of hydrogen-bond acceptors (Lipinski definition) is 21. The summed E-state index contributed by atoms with van der Waals surface area (Å²) in [5, 5.41) is 43.2. The van der Waals surface area contributed by atoms with Crippen LogP contribution in [0.15, 0.2) is 102 Å². The molecule has 23 heteroatoms. The van der Waals surface area contributed by atoms with E-state index in [1.165, 1.54) is 58.9 Å². The predicted molar refractivity (Wildman–Crippen MR) is 283 cm³/mol. The fourth-order valence-corrected chi connectivity index (χ4v) is 11.5. The second-order valence-corrected chi connectivity index (χ2v) is 22.4. The van der Waals surface area contributed by atoms with E-state index in [1.54, 1.807) is 87.5 Å².